The number of amides is 1. The predicted molar refractivity (Wildman–Crippen MR) is 75.6 cm³/mol. The fourth-order valence-electron chi connectivity index (χ4n) is 1.99. The molecule has 3 N–H and O–H groups in total. The lowest BCUT2D eigenvalue weighted by atomic mass is 9.84. The van der Waals surface area contributed by atoms with E-state index in [2.05, 4.69) is 5.32 Å². The summed E-state index contributed by atoms with van der Waals surface area (Å²) in [6.45, 7) is 5.64. The molecule has 116 valence electrons. The second-order valence-corrected chi connectivity index (χ2v) is 6.17. The Hall–Kier alpha value is -2.11. The van der Waals surface area contributed by atoms with Gasteiger partial charge in [0.1, 0.15) is 11.6 Å². The van der Waals surface area contributed by atoms with Crippen molar-refractivity contribution in [3.8, 4) is 5.75 Å². The minimum Gasteiger partial charge on any atom is -0.507 e. The fraction of sp³-hybridized carbons (Fsp3) is 0.467. The Kier molecular flexibility index (Phi) is 5.29. The van der Waals surface area contributed by atoms with Gasteiger partial charge in [-0.05, 0) is 30.0 Å². The average Bonchev–Trinajstić information content (AvgIpc) is 2.35. The fourth-order valence-corrected chi connectivity index (χ4v) is 1.99. The second-order valence-electron chi connectivity index (χ2n) is 6.17. The molecule has 5 nitrogen and oxygen atoms in total. The van der Waals surface area contributed by atoms with Crippen molar-refractivity contribution in [2.75, 3.05) is 6.54 Å². The van der Waals surface area contributed by atoms with Crippen LogP contribution in [-0.4, -0.2) is 28.6 Å². The molecule has 0 spiro atoms. The van der Waals surface area contributed by atoms with E-state index < -0.39 is 23.6 Å². The number of phenolic OH excluding ortho intramolecular Hbond substituents is 1. The van der Waals surface area contributed by atoms with Crippen LogP contribution in [0.3, 0.4) is 0 Å². The topological polar surface area (TPSA) is 86.6 Å². The van der Waals surface area contributed by atoms with E-state index in [1.165, 1.54) is 0 Å². The molecule has 1 amide bonds. The Labute approximate surface area is 122 Å². The van der Waals surface area contributed by atoms with E-state index in [0.717, 1.165) is 18.2 Å². The molecule has 1 unspecified atom stereocenters. The Bertz CT molecular complexity index is 537. The Balaban J connectivity index is 2.74. The van der Waals surface area contributed by atoms with Crippen LogP contribution in [0.5, 0.6) is 5.75 Å². The molecule has 6 heteroatoms. The molecule has 1 rings (SSSR count). The van der Waals surface area contributed by atoms with Crippen molar-refractivity contribution in [1.29, 1.82) is 0 Å². The Morgan fingerprint density at radius 3 is 2.48 bits per heavy atom. The van der Waals surface area contributed by atoms with Crippen molar-refractivity contribution in [1.82, 2.24) is 5.32 Å². The van der Waals surface area contributed by atoms with Crippen LogP contribution >= 0.6 is 0 Å². The van der Waals surface area contributed by atoms with E-state index in [0.29, 0.717) is 6.42 Å². The molecule has 1 atom stereocenters. The summed E-state index contributed by atoms with van der Waals surface area (Å²) in [6, 6.07) is 3.02. The Morgan fingerprint density at radius 1 is 1.33 bits per heavy atom. The lowest BCUT2D eigenvalue weighted by Gasteiger charge is -2.23. The zero-order valence-electron chi connectivity index (χ0n) is 12.3. The number of carboxylic acid groups (broad SMARTS) is 1. The summed E-state index contributed by atoms with van der Waals surface area (Å²) in [4.78, 5) is 23.1. The van der Waals surface area contributed by atoms with Gasteiger partial charge in [-0.1, -0.05) is 20.8 Å². The van der Waals surface area contributed by atoms with Gasteiger partial charge in [0, 0.05) is 6.54 Å². The number of aliphatic carboxylic acids is 1. The van der Waals surface area contributed by atoms with Crippen LogP contribution in [0.1, 0.15) is 37.6 Å². The van der Waals surface area contributed by atoms with Gasteiger partial charge in [-0.15, -0.1) is 0 Å². The van der Waals surface area contributed by atoms with Gasteiger partial charge in [-0.2, -0.15) is 0 Å². The van der Waals surface area contributed by atoms with Crippen molar-refractivity contribution >= 4 is 11.9 Å². The quantitative estimate of drug-likeness (QED) is 0.779. The molecule has 0 bridgehead atoms. The van der Waals surface area contributed by atoms with E-state index >= 15 is 0 Å². The van der Waals surface area contributed by atoms with Crippen molar-refractivity contribution < 1.29 is 24.2 Å². The summed E-state index contributed by atoms with van der Waals surface area (Å²) in [5.41, 5.74) is -0.413. The number of halogens is 1. The van der Waals surface area contributed by atoms with Crippen LogP contribution in [0.25, 0.3) is 0 Å². The number of nitrogens with one attached hydrogen (secondary N) is 1. The molecule has 0 aromatic heterocycles. The predicted octanol–water partition coefficient (Wildman–Crippen LogP) is 2.40. The third-order valence-electron chi connectivity index (χ3n) is 2.92. The molecule has 0 radical (unpaired) electrons. The summed E-state index contributed by atoms with van der Waals surface area (Å²) in [5, 5.41) is 21.1. The molecule has 1 aromatic rings. The molecular weight excluding hydrogens is 277 g/mol. The highest BCUT2D eigenvalue weighted by molar-refractivity contribution is 5.96. The van der Waals surface area contributed by atoms with Gasteiger partial charge in [0.2, 0.25) is 0 Å². The first-order valence-electron chi connectivity index (χ1n) is 6.59. The molecule has 0 saturated heterocycles. The highest BCUT2D eigenvalue weighted by Gasteiger charge is 2.25. The van der Waals surface area contributed by atoms with Gasteiger partial charge in [0.05, 0.1) is 11.5 Å². The highest BCUT2D eigenvalue weighted by Crippen LogP contribution is 2.24. The second kappa shape index (κ2) is 6.56. The SMILES string of the molecule is CC(C)(C)CC(CNC(=O)c1cc(F)ccc1O)C(=O)O. The van der Waals surface area contributed by atoms with Gasteiger partial charge >= 0.3 is 5.97 Å². The molecule has 21 heavy (non-hydrogen) atoms. The molecule has 0 aliphatic carbocycles. The summed E-state index contributed by atoms with van der Waals surface area (Å²) in [6.07, 6.45) is 0.387. The number of carbonyl (C=O) groups excluding carboxylic acids is 1. The number of carboxylic acids is 1. The Morgan fingerprint density at radius 2 is 1.95 bits per heavy atom. The molecule has 0 heterocycles. The van der Waals surface area contributed by atoms with Crippen molar-refractivity contribution in [3.63, 3.8) is 0 Å². The summed E-state index contributed by atoms with van der Waals surface area (Å²) in [5.74, 6) is -3.45. The molecule has 0 fully saturated rings. The van der Waals surface area contributed by atoms with Gasteiger partial charge in [-0.3, -0.25) is 9.59 Å². The lowest BCUT2D eigenvalue weighted by Crippen LogP contribution is -2.35. The van der Waals surface area contributed by atoms with Crippen LogP contribution < -0.4 is 5.32 Å². The maximum Gasteiger partial charge on any atom is 0.308 e. The number of carbonyl (C=O) groups is 2. The van der Waals surface area contributed by atoms with Gasteiger partial charge in [0.15, 0.2) is 0 Å². The van der Waals surface area contributed by atoms with Gasteiger partial charge in [0.25, 0.3) is 5.91 Å². The maximum absolute atomic E-state index is 13.1. The number of hydrogen-bond donors (Lipinski definition) is 3. The standard InChI is InChI=1S/C15H20FNO4/c1-15(2,3)7-9(14(20)21)8-17-13(19)11-6-10(16)4-5-12(11)18/h4-6,9,18H,7-8H2,1-3H3,(H,17,19)(H,20,21). The minimum absolute atomic E-state index is 0.0820. The summed E-state index contributed by atoms with van der Waals surface area (Å²) >= 11 is 0. The number of rotatable bonds is 5. The third-order valence-corrected chi connectivity index (χ3v) is 2.92. The molecule has 1 aromatic carbocycles. The van der Waals surface area contributed by atoms with E-state index in [9.17, 15) is 19.1 Å². The first-order chi connectivity index (χ1) is 9.60. The van der Waals surface area contributed by atoms with E-state index in [-0.39, 0.29) is 23.3 Å². The van der Waals surface area contributed by atoms with Crippen molar-refractivity contribution in [3.05, 3.63) is 29.6 Å². The van der Waals surface area contributed by atoms with Crippen LogP contribution in [0.15, 0.2) is 18.2 Å². The summed E-state index contributed by atoms with van der Waals surface area (Å²) < 4.78 is 13.1. The van der Waals surface area contributed by atoms with E-state index in [1.54, 1.807) is 0 Å². The monoisotopic (exact) mass is 297 g/mol. The minimum atomic E-state index is -1.01. The highest BCUT2D eigenvalue weighted by atomic mass is 19.1. The zero-order chi connectivity index (χ0) is 16.2. The van der Waals surface area contributed by atoms with Gasteiger partial charge < -0.3 is 15.5 Å². The van der Waals surface area contributed by atoms with Crippen LogP contribution in [0.4, 0.5) is 4.39 Å². The van der Waals surface area contributed by atoms with Crippen molar-refractivity contribution in [2.24, 2.45) is 11.3 Å². The van der Waals surface area contributed by atoms with Crippen LogP contribution in [-0.2, 0) is 4.79 Å². The molecular formula is C15H20FNO4. The number of hydrogen-bond acceptors (Lipinski definition) is 3. The van der Waals surface area contributed by atoms with Crippen molar-refractivity contribution in [2.45, 2.75) is 27.2 Å². The molecule has 0 saturated carbocycles. The van der Waals surface area contributed by atoms with E-state index in [4.69, 9.17) is 5.11 Å². The zero-order valence-corrected chi connectivity index (χ0v) is 12.3. The molecule has 0 aliphatic rings. The first kappa shape index (κ1) is 16.9. The average molecular weight is 297 g/mol. The number of aromatic hydroxyl groups is 1. The van der Waals surface area contributed by atoms with E-state index in [1.807, 2.05) is 20.8 Å². The van der Waals surface area contributed by atoms with Gasteiger partial charge in [-0.25, -0.2) is 4.39 Å². The smallest absolute Gasteiger partial charge is 0.308 e. The van der Waals surface area contributed by atoms with Crippen LogP contribution in [0.2, 0.25) is 0 Å². The summed E-state index contributed by atoms with van der Waals surface area (Å²) in [7, 11) is 0. The number of benzene rings is 1. The largest absolute Gasteiger partial charge is 0.507 e. The first-order valence-corrected chi connectivity index (χ1v) is 6.59. The third kappa shape index (κ3) is 5.41. The number of phenols is 1. The van der Waals surface area contributed by atoms with Crippen LogP contribution in [0, 0.1) is 17.2 Å². The molecule has 0 aliphatic heterocycles. The maximum atomic E-state index is 13.1. The lowest BCUT2D eigenvalue weighted by molar-refractivity contribution is -0.142. The normalized spacial score (nSPS) is 12.8.